The molecule has 0 aromatic carbocycles. The molecule has 0 aromatic heterocycles. The first-order valence-corrected chi connectivity index (χ1v) is 14.2. The molecule has 4 saturated carbocycles. The summed E-state index contributed by atoms with van der Waals surface area (Å²) in [6.45, 7) is 4.54. The van der Waals surface area contributed by atoms with Crippen molar-refractivity contribution in [1.29, 1.82) is 0 Å². The molecule has 0 unspecified atom stereocenters. The van der Waals surface area contributed by atoms with E-state index < -0.39 is 17.0 Å². The molecule has 4 rings (SSSR count). The number of hydrogen-bond acceptors (Lipinski definition) is 1. The van der Waals surface area contributed by atoms with Crippen molar-refractivity contribution in [1.82, 2.24) is 0 Å². The van der Waals surface area contributed by atoms with Crippen LogP contribution in [0.4, 0.5) is 4.39 Å². The number of hydrogen-bond donors (Lipinski definition) is 0. The van der Waals surface area contributed by atoms with Gasteiger partial charge in [0.05, 0.1) is 10.8 Å². The van der Waals surface area contributed by atoms with Crippen LogP contribution in [0.2, 0.25) is 0 Å². The van der Waals surface area contributed by atoms with Crippen molar-refractivity contribution < 1.29 is 9.18 Å². The molecule has 4 fully saturated rings. The quantitative estimate of drug-likeness (QED) is 0.350. The number of carbonyl (C=O) groups excluding carboxylic acids is 1. The summed E-state index contributed by atoms with van der Waals surface area (Å²) in [6, 6.07) is 0. The van der Waals surface area contributed by atoms with Gasteiger partial charge in [0.1, 0.15) is 6.17 Å². The molecule has 0 aromatic rings. The molecular formula is C29H49FO. The van der Waals surface area contributed by atoms with Crippen LogP contribution in [-0.2, 0) is 4.79 Å². The third-order valence-corrected chi connectivity index (χ3v) is 10.5. The van der Waals surface area contributed by atoms with Gasteiger partial charge in [-0.25, -0.2) is 4.39 Å². The molecule has 0 radical (unpaired) electrons. The molecule has 0 bridgehead atoms. The van der Waals surface area contributed by atoms with Crippen molar-refractivity contribution in [3.8, 4) is 0 Å². The molecule has 4 aliphatic carbocycles. The van der Waals surface area contributed by atoms with Gasteiger partial charge < -0.3 is 0 Å². The summed E-state index contributed by atoms with van der Waals surface area (Å²) in [7, 11) is 0. The highest BCUT2D eigenvalue weighted by molar-refractivity contribution is 5.98. The van der Waals surface area contributed by atoms with E-state index in [0.29, 0.717) is 5.78 Å². The van der Waals surface area contributed by atoms with Crippen molar-refractivity contribution in [2.75, 3.05) is 0 Å². The number of carbonyl (C=O) groups is 1. The molecule has 0 amide bonds. The van der Waals surface area contributed by atoms with Gasteiger partial charge in [-0.1, -0.05) is 71.6 Å². The second-order valence-corrected chi connectivity index (χ2v) is 12.2. The molecule has 0 aliphatic heterocycles. The van der Waals surface area contributed by atoms with E-state index in [1.807, 2.05) is 0 Å². The maximum atomic E-state index is 15.8. The van der Waals surface area contributed by atoms with Crippen LogP contribution in [0.1, 0.15) is 136 Å². The van der Waals surface area contributed by atoms with E-state index in [-0.39, 0.29) is 0 Å². The van der Waals surface area contributed by atoms with Crippen molar-refractivity contribution >= 4 is 5.78 Å². The second kappa shape index (κ2) is 10.3. The number of Topliss-reactive ketones (excluding diaryl/α,β-unsaturated/α-hetero) is 1. The van der Waals surface area contributed by atoms with Crippen LogP contribution in [0.3, 0.4) is 0 Å². The highest BCUT2D eigenvalue weighted by Gasteiger charge is 2.71. The normalized spacial score (nSPS) is 43.3. The van der Waals surface area contributed by atoms with Gasteiger partial charge in [-0.2, -0.15) is 0 Å². The lowest BCUT2D eigenvalue weighted by atomic mass is 9.41. The molecule has 1 atom stereocenters. The standard InChI is InChI=1S/C29H49FO/c1-3-5-7-9-22-10-12-24(13-11-22)25-16-20-29(21-17-25)26(30)28(27(29)31)18-14-23(15-19-28)8-6-4-2/h22-26H,3-21H2,1-2H3/t22?,23?,24?,25?,26-,28-,29-/m1/s1. The topological polar surface area (TPSA) is 17.1 Å². The van der Waals surface area contributed by atoms with Crippen LogP contribution in [0.15, 0.2) is 0 Å². The Kier molecular flexibility index (Phi) is 7.85. The van der Waals surface area contributed by atoms with Crippen LogP contribution in [0, 0.1) is 34.5 Å². The van der Waals surface area contributed by atoms with E-state index in [1.165, 1.54) is 70.6 Å². The molecular weight excluding hydrogens is 383 g/mol. The average molecular weight is 433 g/mol. The van der Waals surface area contributed by atoms with Crippen LogP contribution in [0.25, 0.3) is 0 Å². The first-order valence-electron chi connectivity index (χ1n) is 14.2. The minimum absolute atomic E-state index is 0.361. The zero-order chi connectivity index (χ0) is 21.9. The molecule has 178 valence electrons. The summed E-state index contributed by atoms with van der Waals surface area (Å²) in [4.78, 5) is 13.5. The Morgan fingerprint density at radius 2 is 1.16 bits per heavy atom. The van der Waals surface area contributed by atoms with Crippen molar-refractivity contribution in [2.24, 2.45) is 34.5 Å². The SMILES string of the molecule is CCCCCC1CCC(C2CC[C@]3(CC2)C(=O)[C@@]2(CCC(CCCC)CC2)[C@H]3F)CC1. The summed E-state index contributed by atoms with van der Waals surface area (Å²) >= 11 is 0. The number of rotatable bonds is 8. The van der Waals surface area contributed by atoms with Gasteiger partial charge in [0.25, 0.3) is 0 Å². The lowest BCUT2D eigenvalue weighted by molar-refractivity contribution is -0.194. The third kappa shape index (κ3) is 4.52. The molecule has 4 aliphatic rings. The van der Waals surface area contributed by atoms with Crippen LogP contribution in [-0.4, -0.2) is 12.0 Å². The zero-order valence-corrected chi connectivity index (χ0v) is 20.6. The number of halogens is 1. The first kappa shape index (κ1) is 23.7. The van der Waals surface area contributed by atoms with Gasteiger partial charge in [-0.15, -0.1) is 0 Å². The Morgan fingerprint density at radius 1 is 0.677 bits per heavy atom. The minimum Gasteiger partial charge on any atom is -0.298 e. The van der Waals surface area contributed by atoms with Crippen LogP contribution < -0.4 is 0 Å². The summed E-state index contributed by atoms with van der Waals surface area (Å²) in [5.41, 5.74) is -1.13. The summed E-state index contributed by atoms with van der Waals surface area (Å²) in [6.07, 6.45) is 22.0. The fraction of sp³-hybridized carbons (Fsp3) is 0.966. The van der Waals surface area contributed by atoms with Gasteiger partial charge >= 0.3 is 0 Å². The molecule has 0 heterocycles. The van der Waals surface area contributed by atoms with Gasteiger partial charge in [0, 0.05) is 0 Å². The highest BCUT2D eigenvalue weighted by Crippen LogP contribution is 2.66. The lowest BCUT2D eigenvalue weighted by Gasteiger charge is -2.61. The van der Waals surface area contributed by atoms with Gasteiger partial charge in [0.2, 0.25) is 0 Å². The fourth-order valence-corrected chi connectivity index (χ4v) is 8.37. The first-order chi connectivity index (χ1) is 15.1. The molecule has 31 heavy (non-hydrogen) atoms. The minimum atomic E-state index is -0.838. The Hall–Kier alpha value is -0.400. The predicted molar refractivity (Wildman–Crippen MR) is 128 cm³/mol. The molecule has 0 N–H and O–H groups in total. The van der Waals surface area contributed by atoms with E-state index in [2.05, 4.69) is 13.8 Å². The molecule has 2 spiro atoms. The predicted octanol–water partition coefficient (Wildman–Crippen LogP) is 8.84. The fourth-order valence-electron chi connectivity index (χ4n) is 8.37. The maximum Gasteiger partial charge on any atom is 0.151 e. The second-order valence-electron chi connectivity index (χ2n) is 12.2. The van der Waals surface area contributed by atoms with E-state index in [1.54, 1.807) is 0 Å². The highest BCUT2D eigenvalue weighted by atomic mass is 19.1. The van der Waals surface area contributed by atoms with Gasteiger partial charge in [0.15, 0.2) is 5.78 Å². The third-order valence-electron chi connectivity index (χ3n) is 10.5. The lowest BCUT2D eigenvalue weighted by Crippen LogP contribution is -2.69. The van der Waals surface area contributed by atoms with E-state index in [0.717, 1.165) is 75.0 Å². The van der Waals surface area contributed by atoms with E-state index in [9.17, 15) is 4.79 Å². The summed E-state index contributed by atoms with van der Waals surface area (Å²) in [5, 5.41) is 0. The number of alkyl halides is 1. The van der Waals surface area contributed by atoms with E-state index >= 15 is 4.39 Å². The van der Waals surface area contributed by atoms with E-state index in [4.69, 9.17) is 0 Å². The molecule has 2 heteroatoms. The maximum absolute atomic E-state index is 15.8. The van der Waals surface area contributed by atoms with Crippen molar-refractivity contribution in [3.63, 3.8) is 0 Å². The van der Waals surface area contributed by atoms with Gasteiger partial charge in [-0.3, -0.25) is 4.79 Å². The van der Waals surface area contributed by atoms with Crippen LogP contribution in [0.5, 0.6) is 0 Å². The Bertz CT molecular complexity index is 574. The Morgan fingerprint density at radius 3 is 1.71 bits per heavy atom. The van der Waals surface area contributed by atoms with Crippen LogP contribution >= 0.6 is 0 Å². The van der Waals surface area contributed by atoms with Crippen molar-refractivity contribution in [3.05, 3.63) is 0 Å². The average Bonchev–Trinajstić information content (AvgIpc) is 2.83. The zero-order valence-electron chi connectivity index (χ0n) is 20.6. The molecule has 0 saturated heterocycles. The monoisotopic (exact) mass is 432 g/mol. The largest absolute Gasteiger partial charge is 0.298 e. The van der Waals surface area contributed by atoms with Gasteiger partial charge in [-0.05, 0) is 87.9 Å². The number of unbranched alkanes of at least 4 members (excludes halogenated alkanes) is 3. The van der Waals surface area contributed by atoms with Crippen molar-refractivity contribution in [2.45, 2.75) is 142 Å². The Balaban J connectivity index is 1.23. The Labute approximate surface area is 191 Å². The summed E-state index contributed by atoms with van der Waals surface area (Å²) in [5.74, 6) is 3.70. The smallest absolute Gasteiger partial charge is 0.151 e. The number of ketones is 1. The summed E-state index contributed by atoms with van der Waals surface area (Å²) < 4.78 is 15.8. The molecule has 1 nitrogen and oxygen atoms in total.